The molecule has 22 heavy (non-hydrogen) atoms. The number of amides is 2. The highest BCUT2D eigenvalue weighted by Gasteiger charge is 2.32. The molecular formula is C17H22N2O3. The van der Waals surface area contributed by atoms with E-state index >= 15 is 0 Å². The average Bonchev–Trinajstić information content (AvgIpc) is 3.13. The van der Waals surface area contributed by atoms with E-state index in [0.29, 0.717) is 18.5 Å². The second-order valence-corrected chi connectivity index (χ2v) is 6.41. The summed E-state index contributed by atoms with van der Waals surface area (Å²) in [5.74, 6) is -1.37. The molecule has 2 amide bonds. The van der Waals surface area contributed by atoms with Crippen molar-refractivity contribution in [3.8, 4) is 0 Å². The Morgan fingerprint density at radius 3 is 2.55 bits per heavy atom. The molecular weight excluding hydrogens is 280 g/mol. The smallest absolute Gasteiger partial charge is 0.313 e. The summed E-state index contributed by atoms with van der Waals surface area (Å²) in [6, 6.07) is 5.79. The first-order chi connectivity index (χ1) is 10.6. The van der Waals surface area contributed by atoms with Gasteiger partial charge in [-0.1, -0.05) is 18.9 Å². The van der Waals surface area contributed by atoms with Gasteiger partial charge in [0.1, 0.15) is 0 Å². The first-order valence-electron chi connectivity index (χ1n) is 7.99. The molecule has 0 spiro atoms. The summed E-state index contributed by atoms with van der Waals surface area (Å²) in [5, 5.41) is 15.3. The van der Waals surface area contributed by atoms with E-state index in [-0.39, 0.29) is 6.54 Å². The highest BCUT2D eigenvalue weighted by molar-refractivity contribution is 6.39. The molecule has 0 atom stereocenters. The summed E-state index contributed by atoms with van der Waals surface area (Å²) in [6.07, 6.45) is 6.55. The normalized spacial score (nSPS) is 18.8. The number of hydrogen-bond acceptors (Lipinski definition) is 3. The predicted molar refractivity (Wildman–Crippen MR) is 83.5 cm³/mol. The number of carbonyl (C=O) groups is 2. The summed E-state index contributed by atoms with van der Waals surface area (Å²) in [5.41, 5.74) is 2.38. The Balaban J connectivity index is 1.54. The Morgan fingerprint density at radius 1 is 1.05 bits per heavy atom. The van der Waals surface area contributed by atoms with Crippen LogP contribution in [0.5, 0.6) is 0 Å². The lowest BCUT2D eigenvalue weighted by molar-refractivity contribution is -0.136. The number of hydrogen-bond donors (Lipinski definition) is 3. The van der Waals surface area contributed by atoms with Crippen molar-refractivity contribution in [3.63, 3.8) is 0 Å². The van der Waals surface area contributed by atoms with Crippen molar-refractivity contribution in [1.82, 2.24) is 5.32 Å². The zero-order valence-electron chi connectivity index (χ0n) is 12.7. The molecule has 3 N–H and O–H groups in total. The number of aryl methyl sites for hydroxylation is 2. The minimum absolute atomic E-state index is 0.142. The molecule has 1 fully saturated rings. The van der Waals surface area contributed by atoms with E-state index in [1.165, 1.54) is 11.1 Å². The van der Waals surface area contributed by atoms with E-state index in [1.807, 2.05) is 18.2 Å². The van der Waals surface area contributed by atoms with E-state index in [1.54, 1.807) is 0 Å². The molecule has 0 bridgehead atoms. The fourth-order valence-electron chi connectivity index (χ4n) is 3.37. The molecule has 5 heteroatoms. The van der Waals surface area contributed by atoms with Crippen molar-refractivity contribution in [1.29, 1.82) is 0 Å². The molecule has 2 aliphatic rings. The van der Waals surface area contributed by atoms with E-state index < -0.39 is 17.4 Å². The fourth-order valence-corrected chi connectivity index (χ4v) is 3.37. The largest absolute Gasteiger partial charge is 0.388 e. The Kier molecular flexibility index (Phi) is 4.16. The SMILES string of the molecule is O=C(NCC1(O)CCCC1)C(=O)Nc1ccc2c(c1)CCC2. The molecule has 5 nitrogen and oxygen atoms in total. The highest BCUT2D eigenvalue weighted by Crippen LogP contribution is 2.28. The summed E-state index contributed by atoms with van der Waals surface area (Å²) in [6.45, 7) is 0.142. The third-order valence-electron chi connectivity index (χ3n) is 4.67. The second-order valence-electron chi connectivity index (χ2n) is 6.41. The van der Waals surface area contributed by atoms with Gasteiger partial charge in [0.05, 0.1) is 5.60 Å². The van der Waals surface area contributed by atoms with Gasteiger partial charge in [0.2, 0.25) is 0 Å². The van der Waals surface area contributed by atoms with Crippen molar-refractivity contribution in [3.05, 3.63) is 29.3 Å². The molecule has 1 aromatic rings. The van der Waals surface area contributed by atoms with Gasteiger partial charge in [0.25, 0.3) is 0 Å². The van der Waals surface area contributed by atoms with Crippen molar-refractivity contribution < 1.29 is 14.7 Å². The first kappa shape index (κ1) is 15.0. The molecule has 0 saturated heterocycles. The number of rotatable bonds is 3. The van der Waals surface area contributed by atoms with Gasteiger partial charge in [0, 0.05) is 12.2 Å². The van der Waals surface area contributed by atoms with Crippen molar-refractivity contribution in [2.24, 2.45) is 0 Å². The third kappa shape index (κ3) is 3.30. The topological polar surface area (TPSA) is 78.4 Å². The van der Waals surface area contributed by atoms with Gasteiger partial charge in [-0.25, -0.2) is 0 Å². The summed E-state index contributed by atoms with van der Waals surface area (Å²) in [7, 11) is 0. The van der Waals surface area contributed by atoms with Crippen molar-refractivity contribution in [2.45, 2.75) is 50.5 Å². The Morgan fingerprint density at radius 2 is 1.77 bits per heavy atom. The van der Waals surface area contributed by atoms with Crippen LogP contribution in [-0.4, -0.2) is 29.1 Å². The van der Waals surface area contributed by atoms with Gasteiger partial charge in [-0.05, 0) is 55.4 Å². The van der Waals surface area contributed by atoms with E-state index in [9.17, 15) is 14.7 Å². The number of benzene rings is 1. The molecule has 0 unspecified atom stereocenters. The predicted octanol–water partition coefficient (Wildman–Crippen LogP) is 1.54. The van der Waals surface area contributed by atoms with Crippen LogP contribution in [0.2, 0.25) is 0 Å². The van der Waals surface area contributed by atoms with Crippen LogP contribution in [0.4, 0.5) is 5.69 Å². The second kappa shape index (κ2) is 6.08. The van der Waals surface area contributed by atoms with Gasteiger partial charge in [-0.15, -0.1) is 0 Å². The lowest BCUT2D eigenvalue weighted by Crippen LogP contribution is -2.44. The van der Waals surface area contributed by atoms with E-state index in [0.717, 1.165) is 32.1 Å². The zero-order chi connectivity index (χ0) is 15.6. The maximum Gasteiger partial charge on any atom is 0.313 e. The molecule has 1 saturated carbocycles. The molecule has 0 heterocycles. The maximum absolute atomic E-state index is 11.9. The van der Waals surface area contributed by atoms with Gasteiger partial charge in [-0.3, -0.25) is 9.59 Å². The van der Waals surface area contributed by atoms with Crippen LogP contribution < -0.4 is 10.6 Å². The number of aliphatic hydroxyl groups is 1. The van der Waals surface area contributed by atoms with Crippen molar-refractivity contribution >= 4 is 17.5 Å². The van der Waals surface area contributed by atoms with Gasteiger partial charge >= 0.3 is 11.8 Å². The average molecular weight is 302 g/mol. The van der Waals surface area contributed by atoms with Crippen LogP contribution in [0.25, 0.3) is 0 Å². The first-order valence-corrected chi connectivity index (χ1v) is 7.99. The summed E-state index contributed by atoms with van der Waals surface area (Å²) >= 11 is 0. The molecule has 0 aromatic heterocycles. The Labute approximate surface area is 130 Å². The van der Waals surface area contributed by atoms with Crippen LogP contribution >= 0.6 is 0 Å². The lowest BCUT2D eigenvalue weighted by atomic mass is 10.0. The van der Waals surface area contributed by atoms with E-state index in [4.69, 9.17) is 0 Å². The minimum atomic E-state index is -0.844. The van der Waals surface area contributed by atoms with E-state index in [2.05, 4.69) is 10.6 Å². The fraction of sp³-hybridized carbons (Fsp3) is 0.529. The number of carbonyl (C=O) groups excluding carboxylic acids is 2. The van der Waals surface area contributed by atoms with Gasteiger partial charge in [0.15, 0.2) is 0 Å². The Bertz CT molecular complexity index is 592. The molecule has 3 rings (SSSR count). The number of nitrogens with one attached hydrogen (secondary N) is 2. The van der Waals surface area contributed by atoms with Crippen LogP contribution in [-0.2, 0) is 22.4 Å². The summed E-state index contributed by atoms with van der Waals surface area (Å²) in [4.78, 5) is 23.8. The highest BCUT2D eigenvalue weighted by atomic mass is 16.3. The van der Waals surface area contributed by atoms with Crippen LogP contribution in [0.1, 0.15) is 43.2 Å². The monoisotopic (exact) mass is 302 g/mol. The lowest BCUT2D eigenvalue weighted by Gasteiger charge is -2.22. The molecule has 0 radical (unpaired) electrons. The zero-order valence-corrected chi connectivity index (χ0v) is 12.7. The number of anilines is 1. The van der Waals surface area contributed by atoms with Gasteiger partial charge < -0.3 is 15.7 Å². The van der Waals surface area contributed by atoms with Crippen molar-refractivity contribution in [2.75, 3.05) is 11.9 Å². The molecule has 118 valence electrons. The minimum Gasteiger partial charge on any atom is -0.388 e. The molecule has 2 aliphatic carbocycles. The van der Waals surface area contributed by atoms with Crippen LogP contribution in [0.15, 0.2) is 18.2 Å². The van der Waals surface area contributed by atoms with Gasteiger partial charge in [-0.2, -0.15) is 0 Å². The Hall–Kier alpha value is -1.88. The third-order valence-corrected chi connectivity index (χ3v) is 4.67. The quantitative estimate of drug-likeness (QED) is 0.741. The van der Waals surface area contributed by atoms with Crippen LogP contribution in [0, 0.1) is 0 Å². The number of fused-ring (bicyclic) bond motifs is 1. The maximum atomic E-state index is 11.9. The molecule has 1 aromatic carbocycles. The molecule has 0 aliphatic heterocycles. The van der Waals surface area contributed by atoms with Crippen LogP contribution in [0.3, 0.4) is 0 Å². The standard InChI is InChI=1S/C17H22N2O3/c20-15(18-11-17(22)8-1-2-9-17)16(21)19-14-7-6-12-4-3-5-13(12)10-14/h6-7,10,22H,1-5,8-9,11H2,(H,18,20)(H,19,21). The summed E-state index contributed by atoms with van der Waals surface area (Å²) < 4.78 is 0.